The summed E-state index contributed by atoms with van der Waals surface area (Å²) in [6.07, 6.45) is 3.28. The molecule has 140 valence electrons. The Hall–Kier alpha value is -2.21. The number of Topliss-reactive ketones (excluding diaryl/α,β-unsaturated/α-hetero) is 1. The van der Waals surface area contributed by atoms with Crippen LogP contribution >= 0.6 is 11.6 Å². The maximum Gasteiger partial charge on any atom is 0.154 e. The third-order valence-corrected chi connectivity index (χ3v) is 5.39. The number of imidazole rings is 1. The number of carbonyl (C=O) groups excluding carboxylic acids is 1. The maximum absolute atomic E-state index is 12.6. The second-order valence-electron chi connectivity index (χ2n) is 7.07. The summed E-state index contributed by atoms with van der Waals surface area (Å²) in [4.78, 5) is 17.1. The summed E-state index contributed by atoms with van der Waals surface area (Å²) in [5, 5.41) is 14.0. The molecule has 3 aromatic rings. The molecule has 1 fully saturated rings. The lowest BCUT2D eigenvalue weighted by Gasteiger charge is -2.28. The van der Waals surface area contributed by atoms with Crippen LogP contribution in [-0.2, 0) is 11.3 Å². The number of nitrogens with zero attached hydrogens (tertiary/aromatic N) is 2. The number of fused-ring (bicyclic) bond motifs is 1. The van der Waals surface area contributed by atoms with Crippen molar-refractivity contribution >= 4 is 28.4 Å². The van der Waals surface area contributed by atoms with Crippen molar-refractivity contribution < 1.29 is 9.90 Å². The Morgan fingerprint density at radius 1 is 1.26 bits per heavy atom. The zero-order valence-electron chi connectivity index (χ0n) is 14.9. The molecule has 0 spiro atoms. The summed E-state index contributed by atoms with van der Waals surface area (Å²) < 4.78 is 1.90. The number of para-hydroxylation sites is 1. The normalized spacial score (nSPS) is 20.1. The van der Waals surface area contributed by atoms with Gasteiger partial charge in [-0.25, -0.2) is 4.98 Å². The number of aliphatic hydroxyl groups is 1. The van der Waals surface area contributed by atoms with Gasteiger partial charge in [-0.15, -0.1) is 0 Å². The molecular weight excluding hydrogens is 362 g/mol. The van der Waals surface area contributed by atoms with Gasteiger partial charge in [0.05, 0.1) is 30.0 Å². The highest BCUT2D eigenvalue weighted by Gasteiger charge is 2.25. The van der Waals surface area contributed by atoms with Gasteiger partial charge in [-0.3, -0.25) is 4.79 Å². The zero-order valence-corrected chi connectivity index (χ0v) is 15.7. The topological polar surface area (TPSA) is 67.2 Å². The van der Waals surface area contributed by atoms with Crippen LogP contribution in [0.1, 0.15) is 19.3 Å². The molecule has 2 N–H and O–H groups in total. The number of nitrogens with one attached hydrogen (secondary N) is 1. The van der Waals surface area contributed by atoms with Crippen LogP contribution in [0.2, 0.25) is 5.02 Å². The highest BCUT2D eigenvalue weighted by Crippen LogP contribution is 2.29. The van der Waals surface area contributed by atoms with Crippen molar-refractivity contribution in [1.29, 1.82) is 0 Å². The molecule has 0 aliphatic carbocycles. The Balaban J connectivity index is 1.60. The van der Waals surface area contributed by atoms with E-state index in [2.05, 4.69) is 10.3 Å². The smallest absolute Gasteiger partial charge is 0.154 e. The molecule has 2 heterocycles. The van der Waals surface area contributed by atoms with Gasteiger partial charge in [-0.2, -0.15) is 0 Å². The molecule has 5 nitrogen and oxygen atoms in total. The molecule has 0 amide bonds. The van der Waals surface area contributed by atoms with Gasteiger partial charge in [0.15, 0.2) is 5.78 Å². The van der Waals surface area contributed by atoms with Gasteiger partial charge in [0.2, 0.25) is 0 Å². The number of rotatable bonds is 5. The molecule has 4 rings (SSSR count). The van der Waals surface area contributed by atoms with Crippen LogP contribution in [0.25, 0.3) is 22.2 Å². The minimum atomic E-state index is -0.452. The minimum absolute atomic E-state index is 0.0821. The largest absolute Gasteiger partial charge is 0.391 e. The number of benzene rings is 2. The van der Waals surface area contributed by atoms with Crippen molar-refractivity contribution in [3.05, 3.63) is 53.8 Å². The first-order valence-electron chi connectivity index (χ1n) is 9.25. The molecule has 6 heteroatoms. The molecule has 2 aromatic carbocycles. The van der Waals surface area contributed by atoms with Gasteiger partial charge in [0.1, 0.15) is 0 Å². The maximum atomic E-state index is 12.6. The summed E-state index contributed by atoms with van der Waals surface area (Å²) in [6.45, 7) is 1.09. The van der Waals surface area contributed by atoms with Crippen molar-refractivity contribution in [1.82, 2.24) is 14.9 Å². The lowest BCUT2D eigenvalue weighted by Crippen LogP contribution is -2.46. The van der Waals surface area contributed by atoms with Crippen molar-refractivity contribution in [3.8, 4) is 11.1 Å². The standard InChI is InChI=1S/C21H22ClN3O2/c22-15-8-6-14(7-9-15)17-3-1-4-18-21(17)25(13-24-18)12-16(26)11-19-20(27)5-2-10-23-19/h1,3-4,6-9,13,19-20,23,27H,2,5,10-12H2/t19-,20+/m1/s1. The van der Waals surface area contributed by atoms with Gasteiger partial charge in [0.25, 0.3) is 0 Å². The molecule has 1 saturated heterocycles. The predicted octanol–water partition coefficient (Wildman–Crippen LogP) is 3.43. The fraction of sp³-hybridized carbons (Fsp3) is 0.333. The number of aromatic nitrogens is 2. The first-order chi connectivity index (χ1) is 13.1. The van der Waals surface area contributed by atoms with E-state index >= 15 is 0 Å². The molecule has 1 aliphatic heterocycles. The molecular formula is C21H22ClN3O2. The van der Waals surface area contributed by atoms with Gasteiger partial charge >= 0.3 is 0 Å². The molecule has 2 atom stereocenters. The highest BCUT2D eigenvalue weighted by molar-refractivity contribution is 6.30. The molecule has 1 aliphatic rings. The second-order valence-corrected chi connectivity index (χ2v) is 7.50. The Labute approximate surface area is 163 Å². The van der Waals surface area contributed by atoms with E-state index in [1.807, 2.05) is 47.0 Å². The van der Waals surface area contributed by atoms with Gasteiger partial charge in [0, 0.05) is 23.0 Å². The van der Waals surface area contributed by atoms with Crippen molar-refractivity contribution in [3.63, 3.8) is 0 Å². The van der Waals surface area contributed by atoms with Crippen LogP contribution in [-0.4, -0.2) is 39.1 Å². The number of halogens is 1. The van der Waals surface area contributed by atoms with E-state index in [0.29, 0.717) is 11.4 Å². The molecule has 0 saturated carbocycles. The van der Waals surface area contributed by atoms with Crippen LogP contribution in [0.5, 0.6) is 0 Å². The predicted molar refractivity (Wildman–Crippen MR) is 107 cm³/mol. The molecule has 27 heavy (non-hydrogen) atoms. The molecule has 0 bridgehead atoms. The Kier molecular flexibility index (Phi) is 5.25. The number of hydrogen-bond acceptors (Lipinski definition) is 4. The fourth-order valence-electron chi connectivity index (χ4n) is 3.75. The third kappa shape index (κ3) is 3.90. The first kappa shape index (κ1) is 18.2. The van der Waals surface area contributed by atoms with E-state index in [1.165, 1.54) is 0 Å². The van der Waals surface area contributed by atoms with Crippen LogP contribution in [0.4, 0.5) is 0 Å². The zero-order chi connectivity index (χ0) is 18.8. The summed E-state index contributed by atoms with van der Waals surface area (Å²) in [6, 6.07) is 13.4. The van der Waals surface area contributed by atoms with E-state index in [1.54, 1.807) is 6.33 Å². The number of piperidine rings is 1. The molecule has 0 radical (unpaired) electrons. The number of aliphatic hydroxyl groups excluding tert-OH is 1. The van der Waals surface area contributed by atoms with Crippen LogP contribution in [0.3, 0.4) is 0 Å². The quantitative estimate of drug-likeness (QED) is 0.708. The van der Waals surface area contributed by atoms with E-state index in [9.17, 15) is 9.90 Å². The molecule has 1 aromatic heterocycles. The Morgan fingerprint density at radius 3 is 2.85 bits per heavy atom. The van der Waals surface area contributed by atoms with Crippen molar-refractivity contribution in [2.24, 2.45) is 0 Å². The van der Waals surface area contributed by atoms with Crippen LogP contribution < -0.4 is 5.32 Å². The lowest BCUT2D eigenvalue weighted by atomic mass is 9.97. The average Bonchev–Trinajstić information content (AvgIpc) is 3.07. The first-order valence-corrected chi connectivity index (χ1v) is 9.62. The second kappa shape index (κ2) is 7.80. The minimum Gasteiger partial charge on any atom is -0.391 e. The van der Waals surface area contributed by atoms with Crippen molar-refractivity contribution in [2.45, 2.75) is 38.0 Å². The van der Waals surface area contributed by atoms with E-state index < -0.39 is 6.10 Å². The fourth-order valence-corrected chi connectivity index (χ4v) is 3.88. The third-order valence-electron chi connectivity index (χ3n) is 5.14. The van der Waals surface area contributed by atoms with E-state index in [0.717, 1.165) is 41.5 Å². The van der Waals surface area contributed by atoms with Crippen LogP contribution in [0.15, 0.2) is 48.8 Å². The van der Waals surface area contributed by atoms with Gasteiger partial charge < -0.3 is 15.0 Å². The SMILES string of the molecule is O=C(C[C@H]1NCCC[C@@H]1O)Cn1cnc2cccc(-c3ccc(Cl)cc3)c21. The number of carbonyl (C=O) groups is 1. The summed E-state index contributed by atoms with van der Waals surface area (Å²) >= 11 is 6.01. The van der Waals surface area contributed by atoms with Gasteiger partial charge in [-0.1, -0.05) is 35.9 Å². The summed E-state index contributed by atoms with van der Waals surface area (Å²) in [5.41, 5.74) is 3.84. The molecule has 0 unspecified atom stereocenters. The number of hydrogen-bond donors (Lipinski definition) is 2. The summed E-state index contributed by atoms with van der Waals surface area (Å²) in [7, 11) is 0. The number of ketones is 1. The summed E-state index contributed by atoms with van der Waals surface area (Å²) in [5.74, 6) is 0.0821. The Bertz CT molecular complexity index is 952. The highest BCUT2D eigenvalue weighted by atomic mass is 35.5. The lowest BCUT2D eigenvalue weighted by molar-refractivity contribution is -0.121. The monoisotopic (exact) mass is 383 g/mol. The van der Waals surface area contributed by atoms with Crippen molar-refractivity contribution in [2.75, 3.05) is 6.54 Å². The van der Waals surface area contributed by atoms with Gasteiger partial charge in [-0.05, 0) is 43.1 Å². The van der Waals surface area contributed by atoms with E-state index in [4.69, 9.17) is 11.6 Å². The van der Waals surface area contributed by atoms with E-state index in [-0.39, 0.29) is 18.4 Å². The average molecular weight is 384 g/mol. The van der Waals surface area contributed by atoms with Crippen LogP contribution in [0, 0.1) is 0 Å². The Morgan fingerprint density at radius 2 is 2.07 bits per heavy atom.